The van der Waals surface area contributed by atoms with Crippen molar-refractivity contribution in [1.29, 1.82) is 0 Å². The molecule has 0 unspecified atom stereocenters. The van der Waals surface area contributed by atoms with E-state index in [1.807, 2.05) is 13.8 Å². The molecule has 206 valence electrons. The number of H-pyrrole nitrogens is 2. The Morgan fingerprint density at radius 1 is 0.550 bits per heavy atom. The van der Waals surface area contributed by atoms with Gasteiger partial charge in [-0.2, -0.15) is 0 Å². The first-order chi connectivity index (χ1) is 19.7. The summed E-state index contributed by atoms with van der Waals surface area (Å²) in [6.45, 7) is 5.44. The van der Waals surface area contributed by atoms with Gasteiger partial charge in [-0.1, -0.05) is 38.1 Å². The minimum Gasteiger partial charge on any atom is -0.342 e. The lowest BCUT2D eigenvalue weighted by molar-refractivity contribution is 0.724. The van der Waals surface area contributed by atoms with Crippen LogP contribution in [0.15, 0.2) is 66.7 Å². The fourth-order valence-electron chi connectivity index (χ4n) is 5.04. The molecular weight excluding hydrogens is 494 g/mol. The second kappa shape index (κ2) is 12.9. The molecule has 0 atom stereocenters. The number of fused-ring (bicyclic) bond motifs is 3. The maximum atomic E-state index is 5.63. The van der Waals surface area contributed by atoms with E-state index in [1.165, 1.54) is 0 Å². The number of imidazole rings is 2. The molecule has 6 rings (SSSR count). The summed E-state index contributed by atoms with van der Waals surface area (Å²) in [6.07, 6.45) is 5.97. The van der Waals surface area contributed by atoms with Crippen molar-refractivity contribution in [3.63, 3.8) is 0 Å². The number of rotatable bonds is 10. The van der Waals surface area contributed by atoms with E-state index < -0.39 is 0 Å². The number of benzene rings is 3. The zero-order valence-electron chi connectivity index (χ0n) is 23.5. The highest BCUT2D eigenvalue weighted by atomic mass is 14.9. The topological polar surface area (TPSA) is 122 Å². The van der Waals surface area contributed by atoms with Crippen LogP contribution in [0, 0.1) is 0 Å². The lowest BCUT2D eigenvalue weighted by atomic mass is 10.0. The van der Waals surface area contributed by atoms with Gasteiger partial charge in [0.1, 0.15) is 11.6 Å². The van der Waals surface area contributed by atoms with E-state index in [0.717, 1.165) is 119 Å². The summed E-state index contributed by atoms with van der Waals surface area (Å²) in [5.74, 6) is 2.04. The van der Waals surface area contributed by atoms with Crippen LogP contribution in [-0.4, -0.2) is 38.0 Å². The molecule has 7 heteroatoms. The van der Waals surface area contributed by atoms with E-state index in [1.54, 1.807) is 0 Å². The van der Waals surface area contributed by atoms with Gasteiger partial charge < -0.3 is 21.4 Å². The molecule has 7 nitrogen and oxygen atoms in total. The Morgan fingerprint density at radius 3 is 1.68 bits per heavy atom. The zero-order chi connectivity index (χ0) is 27.9. The summed E-state index contributed by atoms with van der Waals surface area (Å²) < 4.78 is 0. The van der Waals surface area contributed by atoms with Gasteiger partial charge in [-0.25, -0.2) is 15.0 Å². The van der Waals surface area contributed by atoms with Gasteiger partial charge in [-0.05, 0) is 92.4 Å². The molecule has 0 bridgehead atoms. The molecule has 6 N–H and O–H groups in total. The van der Waals surface area contributed by atoms with E-state index in [4.69, 9.17) is 26.4 Å². The minimum absolute atomic E-state index is 0.718. The molecule has 3 aromatic heterocycles. The summed E-state index contributed by atoms with van der Waals surface area (Å²) in [4.78, 5) is 21.4. The van der Waals surface area contributed by atoms with E-state index in [-0.39, 0.29) is 0 Å². The van der Waals surface area contributed by atoms with Crippen molar-refractivity contribution < 1.29 is 0 Å². The summed E-state index contributed by atoms with van der Waals surface area (Å²) in [5, 5.41) is 1.11. The molecule has 0 radical (unpaired) electrons. The molecule has 0 spiro atoms. The number of nitrogens with one attached hydrogen (secondary N) is 2. The highest BCUT2D eigenvalue weighted by molar-refractivity contribution is 5.89. The van der Waals surface area contributed by atoms with Crippen LogP contribution in [0.25, 0.3) is 55.4 Å². The van der Waals surface area contributed by atoms with Gasteiger partial charge >= 0.3 is 0 Å². The first-order valence-electron chi connectivity index (χ1n) is 14.5. The SMILES string of the molecule is CC.NCCCCc1nc2ccc(-c3ccc4nc(-c5ccc6nc(CCCCN)[nH]c6c5)ccc4c3)cc2[nH]1. The number of nitrogens with zero attached hydrogens (tertiary/aromatic N) is 3. The molecular formula is C33H39N7. The van der Waals surface area contributed by atoms with Crippen LogP contribution in [-0.2, 0) is 12.8 Å². The molecule has 0 aliphatic carbocycles. The van der Waals surface area contributed by atoms with Crippen molar-refractivity contribution in [2.45, 2.75) is 52.4 Å². The lowest BCUT2D eigenvalue weighted by Gasteiger charge is -2.07. The molecule has 0 aliphatic heterocycles. The monoisotopic (exact) mass is 533 g/mol. The number of nitrogens with two attached hydrogens (primary N) is 2. The lowest BCUT2D eigenvalue weighted by Crippen LogP contribution is -1.99. The van der Waals surface area contributed by atoms with Crippen molar-refractivity contribution in [2.24, 2.45) is 11.5 Å². The van der Waals surface area contributed by atoms with Crippen LogP contribution >= 0.6 is 0 Å². The predicted octanol–water partition coefficient (Wildman–Crippen LogP) is 6.91. The summed E-state index contributed by atoms with van der Waals surface area (Å²) in [5.41, 5.74) is 20.7. The maximum absolute atomic E-state index is 5.63. The Morgan fingerprint density at radius 2 is 1.07 bits per heavy atom. The molecule has 0 amide bonds. The molecule has 0 saturated carbocycles. The van der Waals surface area contributed by atoms with Crippen molar-refractivity contribution in [1.82, 2.24) is 24.9 Å². The third-order valence-electron chi connectivity index (χ3n) is 7.12. The highest BCUT2D eigenvalue weighted by Gasteiger charge is 2.09. The first-order valence-corrected chi connectivity index (χ1v) is 14.5. The number of hydrogen-bond donors (Lipinski definition) is 4. The second-order valence-electron chi connectivity index (χ2n) is 9.93. The van der Waals surface area contributed by atoms with E-state index >= 15 is 0 Å². The van der Waals surface area contributed by atoms with E-state index in [9.17, 15) is 0 Å². The van der Waals surface area contributed by atoms with Gasteiger partial charge in [-0.15, -0.1) is 0 Å². The van der Waals surface area contributed by atoms with Gasteiger partial charge in [0, 0.05) is 23.8 Å². The Bertz CT molecular complexity index is 1590. The van der Waals surface area contributed by atoms with Gasteiger partial charge in [-0.3, -0.25) is 0 Å². The Labute approximate surface area is 235 Å². The fraction of sp³-hybridized carbons (Fsp3) is 0.303. The summed E-state index contributed by atoms with van der Waals surface area (Å²) in [6, 6.07) is 23.4. The van der Waals surface area contributed by atoms with Gasteiger partial charge in [0.05, 0.1) is 33.3 Å². The largest absolute Gasteiger partial charge is 0.342 e. The fourth-order valence-corrected chi connectivity index (χ4v) is 5.04. The first kappa shape index (κ1) is 27.5. The Hall–Kier alpha value is -4.07. The average molecular weight is 534 g/mol. The van der Waals surface area contributed by atoms with Crippen molar-refractivity contribution in [3.05, 3.63) is 78.4 Å². The molecule has 3 aromatic carbocycles. The molecule has 3 heterocycles. The second-order valence-corrected chi connectivity index (χ2v) is 9.93. The summed E-state index contributed by atoms with van der Waals surface area (Å²) >= 11 is 0. The molecule has 0 saturated heterocycles. The highest BCUT2D eigenvalue weighted by Crippen LogP contribution is 2.29. The summed E-state index contributed by atoms with van der Waals surface area (Å²) in [7, 11) is 0. The number of pyridine rings is 1. The van der Waals surface area contributed by atoms with Crippen LogP contribution in [0.1, 0.15) is 51.2 Å². The zero-order valence-corrected chi connectivity index (χ0v) is 23.5. The maximum Gasteiger partial charge on any atom is 0.107 e. The van der Waals surface area contributed by atoms with Gasteiger partial charge in [0.25, 0.3) is 0 Å². The number of aromatic amines is 2. The standard InChI is InChI=1S/C31H33N7.C2H6/c32-15-3-1-5-30-35-26-13-8-21(18-28(26)37-30)20-7-11-24-22(17-20)9-12-25(34-24)23-10-14-27-29(19-23)38-31(36-27)6-2-4-16-33;1-2/h7-14,17-19H,1-6,15-16,32-33H2,(H,35,37)(H,36,38);1-2H3. The van der Waals surface area contributed by atoms with E-state index in [0.29, 0.717) is 0 Å². The van der Waals surface area contributed by atoms with Crippen molar-refractivity contribution in [3.8, 4) is 22.4 Å². The van der Waals surface area contributed by atoms with E-state index in [2.05, 4.69) is 76.7 Å². The number of unbranched alkanes of at least 4 members (excludes halogenated alkanes) is 2. The molecule has 0 fully saturated rings. The number of hydrogen-bond acceptors (Lipinski definition) is 5. The third kappa shape index (κ3) is 6.06. The normalized spacial score (nSPS) is 11.3. The molecule has 0 aliphatic rings. The number of aromatic nitrogens is 5. The minimum atomic E-state index is 0.718. The Balaban J connectivity index is 0.00000158. The van der Waals surface area contributed by atoms with Crippen LogP contribution in [0.4, 0.5) is 0 Å². The molecule has 40 heavy (non-hydrogen) atoms. The van der Waals surface area contributed by atoms with Crippen LogP contribution in [0.3, 0.4) is 0 Å². The van der Waals surface area contributed by atoms with Crippen molar-refractivity contribution >= 4 is 33.0 Å². The third-order valence-corrected chi connectivity index (χ3v) is 7.12. The van der Waals surface area contributed by atoms with Crippen molar-refractivity contribution in [2.75, 3.05) is 13.1 Å². The smallest absolute Gasteiger partial charge is 0.107 e. The van der Waals surface area contributed by atoms with Gasteiger partial charge in [0.2, 0.25) is 0 Å². The van der Waals surface area contributed by atoms with Crippen LogP contribution in [0.2, 0.25) is 0 Å². The van der Waals surface area contributed by atoms with Gasteiger partial charge in [0.15, 0.2) is 0 Å². The average Bonchev–Trinajstić information content (AvgIpc) is 3.60. The predicted molar refractivity (Wildman–Crippen MR) is 167 cm³/mol. The molecule has 6 aromatic rings. The number of aryl methyl sites for hydroxylation is 2. The van der Waals surface area contributed by atoms with Crippen LogP contribution < -0.4 is 11.5 Å². The Kier molecular flexibility index (Phi) is 8.84. The van der Waals surface area contributed by atoms with Crippen LogP contribution in [0.5, 0.6) is 0 Å². The quantitative estimate of drug-likeness (QED) is 0.143.